The summed E-state index contributed by atoms with van der Waals surface area (Å²) in [7, 11) is 0. The molecule has 0 aliphatic heterocycles. The van der Waals surface area contributed by atoms with Crippen molar-refractivity contribution in [3.63, 3.8) is 0 Å². The molecule has 200 valence electrons. The molecule has 0 atom stereocenters. The Balaban J connectivity index is 1.57. The monoisotopic (exact) mass is 530 g/mol. The topological polar surface area (TPSA) is 89.5 Å². The maximum absolute atomic E-state index is 11.3. The fraction of sp³-hybridized carbons (Fsp3) is 0.357. The molecule has 37 heavy (non-hydrogen) atoms. The van der Waals surface area contributed by atoms with Crippen LogP contribution in [0.5, 0.6) is 11.5 Å². The molecule has 0 fully saturated rings. The van der Waals surface area contributed by atoms with Gasteiger partial charge in [-0.2, -0.15) is 0 Å². The number of carbonyl (C=O) groups is 2. The molecule has 0 N–H and O–H groups in total. The van der Waals surface area contributed by atoms with E-state index in [1.807, 2.05) is 48.5 Å². The maximum atomic E-state index is 11.3. The molecule has 0 heterocycles. The number of ether oxygens (including phenoxy) is 6. The summed E-state index contributed by atoms with van der Waals surface area (Å²) in [6.45, 7) is 12.8. The van der Waals surface area contributed by atoms with Crippen LogP contribution in [0, 0.1) is 0 Å². The van der Waals surface area contributed by atoms with Gasteiger partial charge in [-0.25, -0.2) is 9.59 Å². The van der Waals surface area contributed by atoms with E-state index in [4.69, 9.17) is 28.4 Å². The zero-order valence-electron chi connectivity index (χ0n) is 21.4. The SMILES string of the molecule is C=C(C)C(=O)OCCOCCOc1ccc(Sc2ccc(OCCOCCOC(=O)C(=C)C)cc2)cc1. The van der Waals surface area contributed by atoms with E-state index in [9.17, 15) is 9.59 Å². The molecule has 0 aromatic heterocycles. The van der Waals surface area contributed by atoms with Crippen molar-refractivity contribution in [3.05, 3.63) is 72.8 Å². The Morgan fingerprint density at radius 1 is 0.595 bits per heavy atom. The van der Waals surface area contributed by atoms with Gasteiger partial charge in [0.25, 0.3) is 0 Å². The Morgan fingerprint density at radius 3 is 1.30 bits per heavy atom. The van der Waals surface area contributed by atoms with Gasteiger partial charge in [-0.1, -0.05) is 24.9 Å². The molecule has 2 aromatic carbocycles. The first-order chi connectivity index (χ1) is 17.8. The predicted octanol–water partition coefficient (Wildman–Crippen LogP) is 4.87. The summed E-state index contributed by atoms with van der Waals surface area (Å²) < 4.78 is 32.0. The fourth-order valence-electron chi connectivity index (χ4n) is 2.62. The molecule has 8 nitrogen and oxygen atoms in total. The normalized spacial score (nSPS) is 10.4. The number of hydrogen-bond acceptors (Lipinski definition) is 9. The molecule has 0 unspecified atom stereocenters. The van der Waals surface area contributed by atoms with Gasteiger partial charge < -0.3 is 28.4 Å². The Bertz CT molecular complexity index is 920. The van der Waals surface area contributed by atoms with Crippen molar-refractivity contribution in [2.24, 2.45) is 0 Å². The van der Waals surface area contributed by atoms with Crippen LogP contribution in [-0.2, 0) is 28.5 Å². The van der Waals surface area contributed by atoms with Crippen LogP contribution in [-0.4, -0.2) is 64.8 Å². The van der Waals surface area contributed by atoms with Crippen molar-refractivity contribution in [3.8, 4) is 11.5 Å². The molecule has 0 bridgehead atoms. The third-order valence-electron chi connectivity index (χ3n) is 4.49. The highest BCUT2D eigenvalue weighted by Crippen LogP contribution is 2.30. The highest BCUT2D eigenvalue weighted by atomic mass is 32.2. The van der Waals surface area contributed by atoms with Crippen LogP contribution in [0.4, 0.5) is 0 Å². The molecule has 0 radical (unpaired) electrons. The van der Waals surface area contributed by atoms with Crippen LogP contribution in [0.25, 0.3) is 0 Å². The van der Waals surface area contributed by atoms with Gasteiger partial charge >= 0.3 is 11.9 Å². The summed E-state index contributed by atoms with van der Waals surface area (Å²) in [4.78, 5) is 24.7. The van der Waals surface area contributed by atoms with Crippen LogP contribution in [0.1, 0.15) is 13.8 Å². The molecule has 2 aromatic rings. The van der Waals surface area contributed by atoms with Gasteiger partial charge in [-0.3, -0.25) is 0 Å². The largest absolute Gasteiger partial charge is 0.491 e. The summed E-state index contributed by atoms with van der Waals surface area (Å²) in [5, 5.41) is 0. The molecule has 0 saturated carbocycles. The van der Waals surface area contributed by atoms with Crippen molar-refractivity contribution in [1.29, 1.82) is 0 Å². The van der Waals surface area contributed by atoms with E-state index in [1.54, 1.807) is 25.6 Å². The second-order valence-electron chi connectivity index (χ2n) is 7.80. The van der Waals surface area contributed by atoms with Gasteiger partial charge in [0.15, 0.2) is 0 Å². The first kappa shape index (κ1) is 30.0. The third-order valence-corrected chi connectivity index (χ3v) is 5.51. The minimum atomic E-state index is -0.416. The number of benzene rings is 2. The van der Waals surface area contributed by atoms with Gasteiger partial charge in [0, 0.05) is 20.9 Å². The molecular formula is C28H34O8S. The van der Waals surface area contributed by atoms with E-state index in [2.05, 4.69) is 13.2 Å². The average Bonchev–Trinajstić information content (AvgIpc) is 2.89. The Kier molecular flexibility index (Phi) is 14.0. The van der Waals surface area contributed by atoms with Crippen molar-refractivity contribution in [1.82, 2.24) is 0 Å². The quantitative estimate of drug-likeness (QED) is 0.152. The van der Waals surface area contributed by atoms with E-state index in [-0.39, 0.29) is 13.2 Å². The molecular weight excluding hydrogens is 496 g/mol. The summed E-state index contributed by atoms with van der Waals surface area (Å²) in [6, 6.07) is 15.6. The third kappa shape index (κ3) is 13.0. The van der Waals surface area contributed by atoms with Crippen LogP contribution in [0.15, 0.2) is 82.6 Å². The van der Waals surface area contributed by atoms with Crippen molar-refractivity contribution >= 4 is 23.7 Å². The lowest BCUT2D eigenvalue weighted by Crippen LogP contribution is -2.13. The van der Waals surface area contributed by atoms with Gasteiger partial charge in [-0.05, 0) is 62.4 Å². The van der Waals surface area contributed by atoms with Crippen LogP contribution < -0.4 is 9.47 Å². The molecule has 2 rings (SSSR count). The molecule has 0 spiro atoms. The number of esters is 2. The lowest BCUT2D eigenvalue weighted by molar-refractivity contribution is -0.141. The van der Waals surface area contributed by atoms with Gasteiger partial charge in [0.2, 0.25) is 0 Å². The molecule has 0 saturated heterocycles. The van der Waals surface area contributed by atoms with Gasteiger partial charge in [0.1, 0.15) is 37.9 Å². The number of hydrogen-bond donors (Lipinski definition) is 0. The van der Waals surface area contributed by atoms with Gasteiger partial charge in [0.05, 0.1) is 26.4 Å². The lowest BCUT2D eigenvalue weighted by atomic mass is 10.3. The van der Waals surface area contributed by atoms with E-state index in [0.29, 0.717) is 50.8 Å². The van der Waals surface area contributed by atoms with E-state index < -0.39 is 11.9 Å². The standard InChI is InChI=1S/C28H34O8S/c1-21(2)27(29)35-19-15-31-13-17-33-23-5-9-25(10-6-23)37-26-11-7-24(8-12-26)34-18-14-32-16-20-36-28(30)22(3)4/h5-12H,1,3,13-20H2,2,4H3. The highest BCUT2D eigenvalue weighted by molar-refractivity contribution is 7.99. The molecule has 9 heteroatoms. The smallest absolute Gasteiger partial charge is 0.333 e. The maximum Gasteiger partial charge on any atom is 0.333 e. The predicted molar refractivity (Wildman–Crippen MR) is 141 cm³/mol. The summed E-state index contributed by atoms with van der Waals surface area (Å²) in [6.07, 6.45) is 0. The number of rotatable bonds is 18. The van der Waals surface area contributed by atoms with Crippen molar-refractivity contribution < 1.29 is 38.0 Å². The lowest BCUT2D eigenvalue weighted by Gasteiger charge is -2.09. The second kappa shape index (κ2) is 17.2. The summed E-state index contributed by atoms with van der Waals surface area (Å²) >= 11 is 1.63. The summed E-state index contributed by atoms with van der Waals surface area (Å²) in [5.41, 5.74) is 0.735. The Morgan fingerprint density at radius 2 is 0.946 bits per heavy atom. The highest BCUT2D eigenvalue weighted by Gasteiger charge is 2.04. The Labute approximate surface area is 222 Å². The van der Waals surface area contributed by atoms with Gasteiger partial charge in [-0.15, -0.1) is 0 Å². The molecule has 0 aliphatic rings. The minimum absolute atomic E-state index is 0.190. The Hall–Kier alpha value is -3.27. The van der Waals surface area contributed by atoms with E-state index in [1.165, 1.54) is 0 Å². The zero-order chi connectivity index (χ0) is 26.9. The van der Waals surface area contributed by atoms with Crippen LogP contribution in [0.2, 0.25) is 0 Å². The fourth-order valence-corrected chi connectivity index (χ4v) is 3.43. The minimum Gasteiger partial charge on any atom is -0.491 e. The van der Waals surface area contributed by atoms with Crippen LogP contribution in [0.3, 0.4) is 0 Å². The first-order valence-corrected chi connectivity index (χ1v) is 12.6. The first-order valence-electron chi connectivity index (χ1n) is 11.8. The second-order valence-corrected chi connectivity index (χ2v) is 8.95. The van der Waals surface area contributed by atoms with Crippen molar-refractivity contribution in [2.75, 3.05) is 52.9 Å². The van der Waals surface area contributed by atoms with E-state index >= 15 is 0 Å². The van der Waals surface area contributed by atoms with Crippen molar-refractivity contribution in [2.45, 2.75) is 23.6 Å². The average molecular weight is 531 g/mol. The number of carbonyl (C=O) groups excluding carboxylic acids is 2. The zero-order valence-corrected chi connectivity index (χ0v) is 22.2. The molecule has 0 aliphatic carbocycles. The van der Waals surface area contributed by atoms with Crippen LogP contribution >= 0.6 is 11.8 Å². The summed E-state index contributed by atoms with van der Waals surface area (Å²) in [5.74, 6) is 0.672. The van der Waals surface area contributed by atoms with E-state index in [0.717, 1.165) is 21.3 Å². The molecule has 0 amide bonds.